The van der Waals surface area contributed by atoms with E-state index in [0.29, 0.717) is 0 Å². The number of rotatable bonds is 5. The average Bonchev–Trinajstić information content (AvgIpc) is 2.80. The summed E-state index contributed by atoms with van der Waals surface area (Å²) in [5, 5.41) is 9.58. The van der Waals surface area contributed by atoms with Gasteiger partial charge in [-0.05, 0) is 67.2 Å². The van der Waals surface area contributed by atoms with Crippen molar-refractivity contribution in [2.24, 2.45) is 0 Å². The summed E-state index contributed by atoms with van der Waals surface area (Å²) in [4.78, 5) is 6.11. The third-order valence-electron chi connectivity index (χ3n) is 3.62. The Morgan fingerprint density at radius 1 is 1.30 bits per heavy atom. The minimum Gasteiger partial charge on any atom is -0.456 e. The molecular weight excluding hydrogens is 407 g/mol. The van der Waals surface area contributed by atoms with E-state index in [1.165, 1.54) is 0 Å². The lowest BCUT2D eigenvalue weighted by molar-refractivity contribution is 0.480. The van der Waals surface area contributed by atoms with Gasteiger partial charge in [-0.25, -0.2) is 22.6 Å². The first-order valence-corrected chi connectivity index (χ1v) is 9.41. The second-order valence-corrected chi connectivity index (χ2v) is 7.31. The number of ether oxygens (including phenoxy) is 1. The van der Waals surface area contributed by atoms with Crippen molar-refractivity contribution in [1.82, 2.24) is 4.98 Å². The van der Waals surface area contributed by atoms with Gasteiger partial charge in [0.2, 0.25) is 0 Å². The summed E-state index contributed by atoms with van der Waals surface area (Å²) >= 11 is 0. The van der Waals surface area contributed by atoms with Gasteiger partial charge in [0, 0.05) is 8.22 Å². The predicted octanol–water partition coefficient (Wildman–Crippen LogP) is 4.85. The molecule has 0 atom stereocenters. The van der Waals surface area contributed by atoms with Gasteiger partial charge in [-0.2, -0.15) is 5.26 Å². The Bertz CT molecular complexity index is 1570. The number of hydrogen-bond acceptors (Lipinski definition) is 5. The van der Waals surface area contributed by atoms with Crippen molar-refractivity contribution in [3.05, 3.63) is 82.5 Å². The maximum Gasteiger partial charge on any atom is 0.263 e. The fourth-order valence-corrected chi connectivity index (χ4v) is 3.29. The van der Waals surface area contributed by atoms with Crippen molar-refractivity contribution in [2.75, 3.05) is 4.72 Å². The van der Waals surface area contributed by atoms with Gasteiger partial charge in [0.15, 0.2) is 5.69 Å². The van der Waals surface area contributed by atoms with E-state index < -0.39 is 80.4 Å². The first-order valence-electron chi connectivity index (χ1n) is 11.9. The molecule has 0 spiro atoms. The zero-order valence-corrected chi connectivity index (χ0v) is 15.6. The molecule has 0 saturated heterocycles. The van der Waals surface area contributed by atoms with Crippen LogP contribution in [0.2, 0.25) is 0 Å². The SMILES string of the molecule is [2H]c1c(Oc2ccc(S(=O)(=O)Nc3ccc(F)cn3)cc2C#N)c([2H])c(C([2H])([2H])[2H])c([N+]#[C-])c1C([2H])([2H])[2H]. The summed E-state index contributed by atoms with van der Waals surface area (Å²) in [6.07, 6.45) is 0.784. The summed E-state index contributed by atoms with van der Waals surface area (Å²) < 4.78 is 109. The van der Waals surface area contributed by atoms with Gasteiger partial charge in [-0.3, -0.25) is 4.72 Å². The lowest BCUT2D eigenvalue weighted by Gasteiger charge is -2.12. The van der Waals surface area contributed by atoms with Gasteiger partial charge < -0.3 is 4.74 Å². The van der Waals surface area contributed by atoms with Crippen LogP contribution < -0.4 is 9.46 Å². The molecule has 30 heavy (non-hydrogen) atoms. The smallest absolute Gasteiger partial charge is 0.263 e. The molecule has 1 aromatic heterocycles. The Hall–Kier alpha value is -3.95. The van der Waals surface area contributed by atoms with Crippen LogP contribution in [0.5, 0.6) is 11.5 Å². The minimum atomic E-state index is -4.32. The van der Waals surface area contributed by atoms with Crippen LogP contribution in [-0.4, -0.2) is 13.4 Å². The summed E-state index contributed by atoms with van der Waals surface area (Å²) in [5.74, 6) is -2.18. The fourth-order valence-electron chi connectivity index (χ4n) is 2.26. The number of nitriles is 1. The molecule has 0 aliphatic heterocycles. The van der Waals surface area contributed by atoms with E-state index in [4.69, 9.17) is 22.3 Å². The summed E-state index contributed by atoms with van der Waals surface area (Å²) in [7, 11) is -4.32. The van der Waals surface area contributed by atoms with Crippen molar-refractivity contribution in [1.29, 1.82) is 5.26 Å². The van der Waals surface area contributed by atoms with Crippen LogP contribution in [0.25, 0.3) is 4.85 Å². The van der Waals surface area contributed by atoms with Gasteiger partial charge in [-0.1, -0.05) is 0 Å². The molecule has 1 N–H and O–H groups in total. The monoisotopic (exact) mass is 430 g/mol. The number of nitrogens with zero attached hydrogens (tertiary/aromatic N) is 3. The number of hydrogen-bond donors (Lipinski definition) is 1. The van der Waals surface area contributed by atoms with Crippen molar-refractivity contribution < 1.29 is 28.5 Å². The Kier molecular flexibility index (Phi) is 3.44. The third-order valence-corrected chi connectivity index (χ3v) is 4.97. The molecule has 0 bridgehead atoms. The maximum atomic E-state index is 13.1. The molecule has 0 aliphatic rings. The first-order chi connectivity index (χ1) is 17.5. The fraction of sp³-hybridized carbons (Fsp3) is 0.0952. The number of benzene rings is 2. The van der Waals surface area contributed by atoms with E-state index in [0.717, 1.165) is 36.5 Å². The number of anilines is 1. The van der Waals surface area contributed by atoms with Crippen LogP contribution in [0.15, 0.2) is 53.5 Å². The summed E-state index contributed by atoms with van der Waals surface area (Å²) in [6, 6.07) is 4.64. The average molecular weight is 430 g/mol. The highest BCUT2D eigenvalue weighted by Gasteiger charge is 2.18. The van der Waals surface area contributed by atoms with Crippen LogP contribution in [0.4, 0.5) is 15.9 Å². The van der Waals surface area contributed by atoms with Gasteiger partial charge in [-0.15, -0.1) is 0 Å². The Morgan fingerprint density at radius 3 is 2.60 bits per heavy atom. The minimum absolute atomic E-state index is 0.211. The quantitative estimate of drug-likeness (QED) is 0.584. The van der Waals surface area contributed by atoms with E-state index in [1.807, 2.05) is 0 Å². The summed E-state index contributed by atoms with van der Waals surface area (Å²) in [6.45, 7) is 1.04. The highest BCUT2D eigenvalue weighted by atomic mass is 32.2. The second-order valence-electron chi connectivity index (χ2n) is 5.63. The molecule has 0 fully saturated rings. The molecule has 0 saturated carbocycles. The van der Waals surface area contributed by atoms with Crippen molar-refractivity contribution in [2.45, 2.75) is 18.6 Å². The first kappa shape index (κ1) is 12.6. The Morgan fingerprint density at radius 2 is 2.03 bits per heavy atom. The van der Waals surface area contributed by atoms with E-state index in [-0.39, 0.29) is 5.82 Å². The van der Waals surface area contributed by atoms with Crippen LogP contribution in [0.1, 0.15) is 27.7 Å². The number of sulfonamides is 1. The van der Waals surface area contributed by atoms with Crippen molar-refractivity contribution >= 4 is 21.5 Å². The van der Waals surface area contributed by atoms with E-state index in [9.17, 15) is 18.1 Å². The third kappa shape index (κ3) is 4.37. The molecule has 9 heteroatoms. The molecule has 0 aliphatic carbocycles. The number of halogens is 1. The van der Waals surface area contributed by atoms with Crippen molar-refractivity contribution in [3.8, 4) is 17.6 Å². The number of nitrogens with one attached hydrogen (secondary N) is 1. The molecule has 150 valence electrons. The number of pyridine rings is 1. The molecule has 0 amide bonds. The van der Waals surface area contributed by atoms with Gasteiger partial charge in [0.25, 0.3) is 10.0 Å². The van der Waals surface area contributed by atoms with E-state index in [1.54, 1.807) is 6.07 Å². The van der Waals surface area contributed by atoms with E-state index >= 15 is 0 Å². The largest absolute Gasteiger partial charge is 0.456 e. The van der Waals surface area contributed by atoms with Crippen LogP contribution >= 0.6 is 0 Å². The second kappa shape index (κ2) is 8.19. The molecular formula is C21H15FN4O3S. The molecule has 3 aromatic rings. The molecule has 7 nitrogen and oxygen atoms in total. The number of aromatic nitrogens is 1. The standard InChI is InChI=1S/C21H15FN4O3S/c1-13-8-17(9-14(2)21(13)24-3)29-19-6-5-18(10-15(19)11-23)30(27,28)26-20-7-4-16(22)12-25-20/h4-10,12H,1-2H3,(H,25,26)/i1D3,2D3,8D,9D. The highest BCUT2D eigenvalue weighted by Crippen LogP contribution is 2.33. The zero-order chi connectivity index (χ0) is 28.6. The van der Waals surface area contributed by atoms with Gasteiger partial charge >= 0.3 is 0 Å². The zero-order valence-electron chi connectivity index (χ0n) is 22.8. The Balaban J connectivity index is 2.15. The Labute approximate surface area is 184 Å². The highest BCUT2D eigenvalue weighted by molar-refractivity contribution is 7.92. The van der Waals surface area contributed by atoms with Crippen LogP contribution in [0.3, 0.4) is 0 Å². The van der Waals surface area contributed by atoms with Gasteiger partial charge in [0.05, 0.1) is 26.0 Å². The van der Waals surface area contributed by atoms with Crippen LogP contribution in [-0.2, 0) is 10.0 Å². The predicted molar refractivity (Wildman–Crippen MR) is 108 cm³/mol. The summed E-state index contributed by atoms with van der Waals surface area (Å²) in [5.41, 5.74) is -3.22. The molecule has 0 radical (unpaired) electrons. The van der Waals surface area contributed by atoms with Gasteiger partial charge in [0.1, 0.15) is 29.2 Å². The lowest BCUT2D eigenvalue weighted by Crippen LogP contribution is -2.14. The molecule has 0 unspecified atom stereocenters. The molecule has 2 aromatic carbocycles. The van der Waals surface area contributed by atoms with E-state index in [2.05, 4.69) is 14.6 Å². The lowest BCUT2D eigenvalue weighted by atomic mass is 10.1. The molecule has 3 rings (SSSR count). The van der Waals surface area contributed by atoms with Crippen molar-refractivity contribution in [3.63, 3.8) is 0 Å². The maximum absolute atomic E-state index is 13.1. The normalized spacial score (nSPS) is 15.4. The molecule has 1 heterocycles. The van der Waals surface area contributed by atoms with Crippen LogP contribution in [0, 0.1) is 37.4 Å². The topological polar surface area (TPSA) is 96.4 Å².